The number of hydrogen-bond acceptors (Lipinski definition) is 1. The van der Waals surface area contributed by atoms with Crippen LogP contribution in [0, 0.1) is 17.3 Å². The summed E-state index contributed by atoms with van der Waals surface area (Å²) in [5, 5.41) is 7.64. The molecule has 37 heavy (non-hydrogen) atoms. The summed E-state index contributed by atoms with van der Waals surface area (Å²) in [6.45, 7) is 13.7. The van der Waals surface area contributed by atoms with Gasteiger partial charge in [0.25, 0.3) is 0 Å². The van der Waals surface area contributed by atoms with Crippen molar-refractivity contribution in [2.24, 2.45) is 0 Å². The van der Waals surface area contributed by atoms with Crippen LogP contribution in [-0.2, 0) is 6.42 Å². The van der Waals surface area contributed by atoms with Gasteiger partial charge in [-0.05, 0) is 57.9 Å². The van der Waals surface area contributed by atoms with Crippen LogP contribution in [-0.4, -0.2) is 0 Å². The van der Waals surface area contributed by atoms with Crippen LogP contribution in [0.4, 0.5) is 5.69 Å². The van der Waals surface area contributed by atoms with Crippen LogP contribution in [0.25, 0.3) is 6.08 Å². The molecular formula is C35H37N2+. The molecule has 1 atom stereocenters. The highest BCUT2D eigenvalue weighted by Crippen LogP contribution is 2.36. The van der Waals surface area contributed by atoms with Crippen molar-refractivity contribution in [1.82, 2.24) is 0 Å². The third-order valence-corrected chi connectivity index (χ3v) is 7.42. The van der Waals surface area contributed by atoms with E-state index in [2.05, 4.69) is 147 Å². The van der Waals surface area contributed by atoms with E-state index in [0.717, 1.165) is 17.5 Å². The van der Waals surface area contributed by atoms with E-state index in [4.69, 9.17) is 0 Å². The van der Waals surface area contributed by atoms with Crippen LogP contribution in [0.5, 0.6) is 0 Å². The van der Waals surface area contributed by atoms with Crippen LogP contribution in [0.2, 0.25) is 0 Å². The van der Waals surface area contributed by atoms with E-state index >= 15 is 0 Å². The van der Waals surface area contributed by atoms with Gasteiger partial charge < -0.3 is 5.32 Å². The molecule has 0 radical (unpaired) electrons. The quantitative estimate of drug-likeness (QED) is 0.285. The molecule has 5 rings (SSSR count). The zero-order valence-electron chi connectivity index (χ0n) is 22.4. The van der Waals surface area contributed by atoms with Crippen molar-refractivity contribution >= 4 is 11.8 Å². The van der Waals surface area contributed by atoms with Gasteiger partial charge in [-0.15, -0.1) is 0 Å². The first kappa shape index (κ1) is 24.8. The van der Waals surface area contributed by atoms with Crippen molar-refractivity contribution in [1.29, 1.82) is 0 Å². The molecule has 0 saturated carbocycles. The SMILES string of the molecule is C=[n+]1c(C(Nc2c(C(C)C)cccc2C(C)C)c2ccccc2)ccc/c1=c1/cccc2c1=CC=CC2. The number of rotatable bonds is 6. The normalized spacial score (nSPS) is 14.3. The Hall–Kier alpha value is -3.91. The van der Waals surface area contributed by atoms with Crippen LogP contribution in [0.3, 0.4) is 0 Å². The molecule has 0 fully saturated rings. The number of pyridine rings is 1. The maximum absolute atomic E-state index is 4.59. The second-order valence-corrected chi connectivity index (χ2v) is 10.6. The van der Waals surface area contributed by atoms with E-state index in [1.807, 2.05) is 0 Å². The van der Waals surface area contributed by atoms with E-state index in [0.29, 0.717) is 11.8 Å². The summed E-state index contributed by atoms with van der Waals surface area (Å²) in [5.74, 6) is 0.825. The van der Waals surface area contributed by atoms with Gasteiger partial charge in [0.1, 0.15) is 12.8 Å². The summed E-state index contributed by atoms with van der Waals surface area (Å²) in [6, 6.07) is 30.5. The average Bonchev–Trinajstić information content (AvgIpc) is 2.92. The van der Waals surface area contributed by atoms with Crippen LogP contribution in [0.15, 0.2) is 97.1 Å². The predicted molar refractivity (Wildman–Crippen MR) is 155 cm³/mol. The maximum atomic E-state index is 4.59. The lowest BCUT2D eigenvalue weighted by molar-refractivity contribution is -0.520. The Morgan fingerprint density at radius 2 is 1.43 bits per heavy atom. The van der Waals surface area contributed by atoms with Gasteiger partial charge in [0.15, 0.2) is 0 Å². The largest absolute Gasteiger partial charge is 0.369 e. The third kappa shape index (κ3) is 4.89. The van der Waals surface area contributed by atoms with E-state index in [1.54, 1.807) is 0 Å². The number of para-hydroxylation sites is 1. The van der Waals surface area contributed by atoms with Gasteiger partial charge in [-0.3, -0.25) is 0 Å². The monoisotopic (exact) mass is 485 g/mol. The molecule has 4 aromatic rings. The lowest BCUT2D eigenvalue weighted by atomic mass is 9.91. The van der Waals surface area contributed by atoms with E-state index in [1.165, 1.54) is 38.4 Å². The summed E-state index contributed by atoms with van der Waals surface area (Å²) in [7, 11) is 0. The van der Waals surface area contributed by atoms with Gasteiger partial charge in [-0.1, -0.05) is 107 Å². The summed E-state index contributed by atoms with van der Waals surface area (Å²) in [5.41, 5.74) is 7.63. The molecule has 1 unspecified atom stereocenters. The Balaban J connectivity index is 1.78. The fourth-order valence-corrected chi connectivity index (χ4v) is 5.45. The fourth-order valence-electron chi connectivity index (χ4n) is 5.45. The Kier molecular flexibility index (Phi) is 7.10. The smallest absolute Gasteiger partial charge is 0.218 e. The molecule has 1 aliphatic carbocycles. The van der Waals surface area contributed by atoms with Crippen molar-refractivity contribution in [2.45, 2.75) is 52.0 Å². The molecule has 2 nitrogen and oxygen atoms in total. The van der Waals surface area contributed by atoms with Gasteiger partial charge >= 0.3 is 0 Å². The molecule has 186 valence electrons. The van der Waals surface area contributed by atoms with Gasteiger partial charge in [0.2, 0.25) is 11.0 Å². The molecule has 1 aliphatic rings. The Bertz CT molecular complexity index is 1620. The third-order valence-electron chi connectivity index (χ3n) is 7.42. The number of allylic oxidation sites excluding steroid dienone is 2. The maximum Gasteiger partial charge on any atom is 0.218 e. The molecule has 0 amide bonds. The minimum absolute atomic E-state index is 0.0561. The summed E-state index contributed by atoms with van der Waals surface area (Å²) in [6.07, 6.45) is 7.57. The second kappa shape index (κ2) is 10.6. The molecule has 1 N–H and O–H groups in total. The van der Waals surface area contributed by atoms with E-state index in [-0.39, 0.29) is 6.04 Å². The zero-order chi connectivity index (χ0) is 25.9. The van der Waals surface area contributed by atoms with Crippen molar-refractivity contribution in [2.75, 3.05) is 5.32 Å². The van der Waals surface area contributed by atoms with Crippen molar-refractivity contribution < 1.29 is 4.24 Å². The number of nitrogens with zero attached hydrogens (tertiary/aromatic N) is 1. The van der Waals surface area contributed by atoms with Crippen LogP contribution >= 0.6 is 0 Å². The summed E-state index contributed by atoms with van der Waals surface area (Å²) in [4.78, 5) is 0. The molecule has 1 aromatic heterocycles. The minimum Gasteiger partial charge on any atom is -0.369 e. The molecular weight excluding hydrogens is 448 g/mol. The lowest BCUT2D eigenvalue weighted by Gasteiger charge is -2.25. The number of aromatic nitrogens is 1. The van der Waals surface area contributed by atoms with Gasteiger partial charge in [-0.2, -0.15) is 4.24 Å². The Labute approximate surface area is 220 Å². The number of anilines is 1. The van der Waals surface area contributed by atoms with Crippen LogP contribution < -0.4 is 14.8 Å². The van der Waals surface area contributed by atoms with Crippen LogP contribution in [0.1, 0.15) is 73.5 Å². The lowest BCUT2D eigenvalue weighted by Crippen LogP contribution is -2.31. The number of benzene rings is 3. The Morgan fingerprint density at radius 3 is 2.14 bits per heavy atom. The highest BCUT2D eigenvalue weighted by Gasteiger charge is 2.25. The van der Waals surface area contributed by atoms with Crippen molar-refractivity contribution in [3.05, 3.63) is 148 Å². The first-order valence-corrected chi connectivity index (χ1v) is 13.4. The highest BCUT2D eigenvalue weighted by molar-refractivity contribution is 5.62. The summed E-state index contributed by atoms with van der Waals surface area (Å²) >= 11 is 0. The number of nitrogens with one attached hydrogen (secondary N) is 1. The molecule has 3 aromatic carbocycles. The first-order chi connectivity index (χ1) is 18.0. The van der Waals surface area contributed by atoms with Crippen molar-refractivity contribution in [3.63, 3.8) is 0 Å². The molecule has 2 heteroatoms. The number of hydrogen-bond donors (Lipinski definition) is 1. The molecule has 0 spiro atoms. The van der Waals surface area contributed by atoms with E-state index < -0.39 is 0 Å². The molecule has 0 saturated heterocycles. The zero-order valence-corrected chi connectivity index (χ0v) is 22.4. The van der Waals surface area contributed by atoms with Gasteiger partial charge in [0, 0.05) is 17.8 Å². The van der Waals surface area contributed by atoms with Gasteiger partial charge in [-0.25, -0.2) is 0 Å². The second-order valence-electron chi connectivity index (χ2n) is 10.6. The average molecular weight is 486 g/mol. The fraction of sp³-hybridized carbons (Fsp3) is 0.229. The minimum atomic E-state index is -0.0561. The highest BCUT2D eigenvalue weighted by atomic mass is 15.0. The first-order valence-electron chi connectivity index (χ1n) is 13.4. The van der Waals surface area contributed by atoms with Gasteiger partial charge in [0.05, 0.1) is 5.22 Å². The number of fused-ring (bicyclic) bond motifs is 1. The van der Waals surface area contributed by atoms with E-state index in [9.17, 15) is 0 Å². The molecule has 1 heterocycles. The topological polar surface area (TPSA) is 17.9 Å². The Morgan fingerprint density at radius 1 is 0.757 bits per heavy atom. The molecule has 0 bridgehead atoms. The van der Waals surface area contributed by atoms with Crippen molar-refractivity contribution in [3.8, 4) is 0 Å². The predicted octanol–water partition coefficient (Wildman–Crippen LogP) is 7.24. The molecule has 0 aliphatic heterocycles. The summed E-state index contributed by atoms with van der Waals surface area (Å²) < 4.78 is 2.12. The standard InChI is InChI=1S/C35H37N2/c1-24(2)28-19-12-20-29(25(3)4)35(28)36-34(27-15-7-6-8-16-27)33-23-13-22-32(37(33)5)31-21-11-17-26-14-9-10-18-30(26)31/h6-13,15-25,34,36H,5,14H2,1-4H3/q+1/b32-31+.